The van der Waals surface area contributed by atoms with Crippen molar-refractivity contribution in [3.63, 3.8) is 0 Å². The highest BCUT2D eigenvalue weighted by atomic mass is 16.5. The minimum absolute atomic E-state index is 0.204. The fourth-order valence-corrected chi connectivity index (χ4v) is 1.84. The first kappa shape index (κ1) is 16.6. The van der Waals surface area contributed by atoms with Gasteiger partial charge in [-0.15, -0.1) is 0 Å². The van der Waals surface area contributed by atoms with Crippen LogP contribution in [-0.2, 0) is 27.4 Å². The molecule has 1 aromatic heterocycles. The molecule has 0 saturated carbocycles. The lowest BCUT2D eigenvalue weighted by molar-refractivity contribution is -0.141. The lowest BCUT2D eigenvalue weighted by Crippen LogP contribution is -2.29. The van der Waals surface area contributed by atoms with Crippen molar-refractivity contribution in [2.24, 2.45) is 5.73 Å². The molecular formula is C14H23N3O3. The largest absolute Gasteiger partial charge is 0.469 e. The average molecular weight is 281 g/mol. The standard InChI is InChI=1S/C14H23N3O3/c1-19-8-7-17(6-4-14(18)20-2)11-12-3-5-16-13(9-12)10-15/h3,5,9H,4,6-8,10-11,15H2,1-2H3. The number of carbonyl (C=O) groups excluding carboxylic acids is 1. The van der Waals surface area contributed by atoms with Crippen molar-refractivity contribution in [3.05, 3.63) is 29.6 Å². The summed E-state index contributed by atoms with van der Waals surface area (Å²) in [5.74, 6) is -0.204. The third-order valence-electron chi connectivity index (χ3n) is 2.97. The third-order valence-corrected chi connectivity index (χ3v) is 2.97. The molecule has 0 radical (unpaired) electrons. The Hall–Kier alpha value is -1.50. The van der Waals surface area contributed by atoms with Crippen LogP contribution in [0, 0.1) is 0 Å². The molecule has 1 heterocycles. The van der Waals surface area contributed by atoms with E-state index in [1.807, 2.05) is 12.1 Å². The van der Waals surface area contributed by atoms with Crippen LogP contribution in [-0.4, -0.2) is 49.8 Å². The van der Waals surface area contributed by atoms with Crippen LogP contribution in [0.15, 0.2) is 18.3 Å². The molecule has 0 atom stereocenters. The van der Waals surface area contributed by atoms with Crippen molar-refractivity contribution in [3.8, 4) is 0 Å². The van der Waals surface area contributed by atoms with Gasteiger partial charge in [-0.2, -0.15) is 0 Å². The van der Waals surface area contributed by atoms with Gasteiger partial charge in [-0.25, -0.2) is 0 Å². The Kier molecular flexibility index (Phi) is 7.79. The molecule has 1 rings (SSSR count). The van der Waals surface area contributed by atoms with Gasteiger partial charge in [0, 0.05) is 39.5 Å². The van der Waals surface area contributed by atoms with Crippen LogP contribution in [0.3, 0.4) is 0 Å². The van der Waals surface area contributed by atoms with Gasteiger partial charge in [0.2, 0.25) is 0 Å². The second-order valence-corrected chi connectivity index (χ2v) is 4.45. The number of esters is 1. The van der Waals surface area contributed by atoms with E-state index in [2.05, 4.69) is 14.6 Å². The predicted molar refractivity (Wildman–Crippen MR) is 75.9 cm³/mol. The zero-order chi connectivity index (χ0) is 14.8. The molecule has 20 heavy (non-hydrogen) atoms. The average Bonchev–Trinajstić information content (AvgIpc) is 2.49. The van der Waals surface area contributed by atoms with Crippen LogP contribution in [0.5, 0.6) is 0 Å². The molecule has 6 heteroatoms. The van der Waals surface area contributed by atoms with E-state index < -0.39 is 0 Å². The summed E-state index contributed by atoms with van der Waals surface area (Å²) in [4.78, 5) is 17.6. The summed E-state index contributed by atoms with van der Waals surface area (Å²) in [7, 11) is 3.07. The maximum Gasteiger partial charge on any atom is 0.306 e. The van der Waals surface area contributed by atoms with Gasteiger partial charge in [-0.3, -0.25) is 14.7 Å². The lowest BCUT2D eigenvalue weighted by Gasteiger charge is -2.21. The summed E-state index contributed by atoms with van der Waals surface area (Å²) >= 11 is 0. The van der Waals surface area contributed by atoms with Crippen LogP contribution in [0.2, 0.25) is 0 Å². The summed E-state index contributed by atoms with van der Waals surface area (Å²) < 4.78 is 9.77. The summed E-state index contributed by atoms with van der Waals surface area (Å²) in [6.07, 6.45) is 2.13. The quantitative estimate of drug-likeness (QED) is 0.666. The number of methoxy groups -OCH3 is 2. The van der Waals surface area contributed by atoms with Gasteiger partial charge >= 0.3 is 5.97 Å². The summed E-state index contributed by atoms with van der Waals surface area (Å²) in [6, 6.07) is 3.94. The van der Waals surface area contributed by atoms with Gasteiger partial charge in [0.1, 0.15) is 0 Å². The number of ether oxygens (including phenoxy) is 2. The molecule has 0 aliphatic heterocycles. The number of hydrogen-bond donors (Lipinski definition) is 1. The van der Waals surface area contributed by atoms with E-state index in [9.17, 15) is 4.79 Å². The number of hydrogen-bond acceptors (Lipinski definition) is 6. The number of nitrogens with two attached hydrogens (primary N) is 1. The number of aromatic nitrogens is 1. The molecule has 112 valence electrons. The molecule has 0 fully saturated rings. The minimum atomic E-state index is -0.204. The van der Waals surface area contributed by atoms with Gasteiger partial charge < -0.3 is 15.2 Å². The SMILES string of the molecule is COCCN(CCC(=O)OC)Cc1ccnc(CN)c1. The highest BCUT2D eigenvalue weighted by molar-refractivity contribution is 5.69. The van der Waals surface area contributed by atoms with E-state index in [0.717, 1.165) is 24.3 Å². The molecule has 0 aliphatic rings. The maximum absolute atomic E-state index is 11.2. The van der Waals surface area contributed by atoms with Crippen molar-refractivity contribution in [1.82, 2.24) is 9.88 Å². The van der Waals surface area contributed by atoms with Crippen LogP contribution < -0.4 is 5.73 Å². The number of pyridine rings is 1. The van der Waals surface area contributed by atoms with Gasteiger partial charge in [-0.05, 0) is 17.7 Å². The van der Waals surface area contributed by atoms with E-state index in [1.165, 1.54) is 7.11 Å². The number of rotatable bonds is 9. The fraction of sp³-hybridized carbons (Fsp3) is 0.571. The monoisotopic (exact) mass is 281 g/mol. The Morgan fingerprint density at radius 3 is 2.85 bits per heavy atom. The van der Waals surface area contributed by atoms with Gasteiger partial charge in [0.25, 0.3) is 0 Å². The zero-order valence-corrected chi connectivity index (χ0v) is 12.2. The second-order valence-electron chi connectivity index (χ2n) is 4.45. The highest BCUT2D eigenvalue weighted by Crippen LogP contribution is 2.07. The van der Waals surface area contributed by atoms with Crippen molar-refractivity contribution >= 4 is 5.97 Å². The Morgan fingerprint density at radius 1 is 1.40 bits per heavy atom. The molecule has 0 spiro atoms. The molecule has 0 aliphatic carbocycles. The van der Waals surface area contributed by atoms with Crippen LogP contribution in [0.4, 0.5) is 0 Å². The van der Waals surface area contributed by atoms with Crippen molar-refractivity contribution in [2.45, 2.75) is 19.5 Å². The fourth-order valence-electron chi connectivity index (χ4n) is 1.84. The molecule has 0 aromatic carbocycles. The Balaban J connectivity index is 2.59. The van der Waals surface area contributed by atoms with Crippen LogP contribution >= 0.6 is 0 Å². The molecule has 0 saturated heterocycles. The van der Waals surface area contributed by atoms with E-state index in [0.29, 0.717) is 26.1 Å². The first-order valence-electron chi connectivity index (χ1n) is 6.61. The van der Waals surface area contributed by atoms with Gasteiger partial charge in [0.05, 0.1) is 25.8 Å². The summed E-state index contributed by atoms with van der Waals surface area (Å²) in [6.45, 7) is 3.17. The Labute approximate surface area is 119 Å². The molecule has 1 aromatic rings. The normalized spacial score (nSPS) is 10.8. The van der Waals surface area contributed by atoms with E-state index >= 15 is 0 Å². The first-order chi connectivity index (χ1) is 9.69. The Morgan fingerprint density at radius 2 is 2.20 bits per heavy atom. The zero-order valence-electron chi connectivity index (χ0n) is 12.2. The maximum atomic E-state index is 11.2. The van der Waals surface area contributed by atoms with E-state index in [4.69, 9.17) is 10.5 Å². The smallest absolute Gasteiger partial charge is 0.306 e. The minimum Gasteiger partial charge on any atom is -0.469 e. The summed E-state index contributed by atoms with van der Waals surface area (Å²) in [5.41, 5.74) is 7.58. The molecular weight excluding hydrogens is 258 g/mol. The van der Waals surface area contributed by atoms with Crippen molar-refractivity contribution < 1.29 is 14.3 Å². The molecule has 2 N–H and O–H groups in total. The van der Waals surface area contributed by atoms with Crippen LogP contribution in [0.25, 0.3) is 0 Å². The van der Waals surface area contributed by atoms with Gasteiger partial charge in [-0.1, -0.05) is 0 Å². The first-order valence-corrected chi connectivity index (χ1v) is 6.61. The second kappa shape index (κ2) is 9.41. The number of nitrogens with zero attached hydrogens (tertiary/aromatic N) is 2. The Bertz CT molecular complexity index is 412. The van der Waals surface area contributed by atoms with E-state index in [1.54, 1.807) is 13.3 Å². The third kappa shape index (κ3) is 6.10. The molecule has 6 nitrogen and oxygen atoms in total. The number of carbonyl (C=O) groups is 1. The van der Waals surface area contributed by atoms with Crippen molar-refractivity contribution in [2.75, 3.05) is 33.9 Å². The molecule has 0 amide bonds. The predicted octanol–water partition coefficient (Wildman–Crippen LogP) is 0.552. The van der Waals surface area contributed by atoms with Crippen molar-refractivity contribution in [1.29, 1.82) is 0 Å². The molecule has 0 bridgehead atoms. The highest BCUT2D eigenvalue weighted by Gasteiger charge is 2.09. The topological polar surface area (TPSA) is 77.7 Å². The summed E-state index contributed by atoms with van der Waals surface area (Å²) in [5, 5.41) is 0. The van der Waals surface area contributed by atoms with E-state index in [-0.39, 0.29) is 5.97 Å². The van der Waals surface area contributed by atoms with Crippen LogP contribution in [0.1, 0.15) is 17.7 Å². The van der Waals surface area contributed by atoms with Gasteiger partial charge in [0.15, 0.2) is 0 Å². The lowest BCUT2D eigenvalue weighted by atomic mass is 10.2. The molecule has 0 unspecified atom stereocenters.